The van der Waals surface area contributed by atoms with Gasteiger partial charge in [-0.25, -0.2) is 9.78 Å². The van der Waals surface area contributed by atoms with E-state index >= 15 is 0 Å². The van der Waals surface area contributed by atoms with Gasteiger partial charge in [-0.1, -0.05) is 49.1 Å². The fourth-order valence-electron chi connectivity index (χ4n) is 5.39. The molecule has 0 aliphatic heterocycles. The first-order chi connectivity index (χ1) is 20.3. The molecule has 1 aliphatic rings. The summed E-state index contributed by atoms with van der Waals surface area (Å²) in [6.07, 6.45) is 9.34. The van der Waals surface area contributed by atoms with Gasteiger partial charge in [-0.2, -0.15) is 0 Å². The van der Waals surface area contributed by atoms with Crippen molar-refractivity contribution < 1.29 is 19.4 Å². The first kappa shape index (κ1) is 29.1. The predicted octanol–water partition coefficient (Wildman–Crippen LogP) is 7.80. The Morgan fingerprint density at radius 2 is 1.71 bits per heavy atom. The first-order valence-electron chi connectivity index (χ1n) is 14.2. The van der Waals surface area contributed by atoms with Crippen molar-refractivity contribution in [3.05, 3.63) is 100 Å². The molecule has 8 heteroatoms. The third kappa shape index (κ3) is 6.74. The largest absolute Gasteiger partial charge is 0.489 e. The molecule has 0 spiro atoms. The fourth-order valence-corrected chi connectivity index (χ4v) is 5.51. The number of carboxylic acids is 1. The maximum absolute atomic E-state index is 12.3. The molecule has 1 aliphatic carbocycles. The zero-order valence-electron chi connectivity index (χ0n) is 23.8. The van der Waals surface area contributed by atoms with Gasteiger partial charge in [-0.3, -0.25) is 4.79 Å². The molecule has 1 aromatic heterocycles. The lowest BCUT2D eigenvalue weighted by atomic mass is 9.95. The van der Waals surface area contributed by atoms with Gasteiger partial charge in [-0.05, 0) is 91.1 Å². The van der Waals surface area contributed by atoms with Crippen molar-refractivity contribution in [2.24, 2.45) is 0 Å². The lowest BCUT2D eigenvalue weighted by Gasteiger charge is -2.24. The van der Waals surface area contributed by atoms with Gasteiger partial charge in [-0.15, -0.1) is 0 Å². The number of carbonyl (C=O) groups is 2. The van der Waals surface area contributed by atoms with Gasteiger partial charge in [0, 0.05) is 41.0 Å². The zero-order valence-corrected chi connectivity index (χ0v) is 24.5. The molecule has 0 atom stereocenters. The van der Waals surface area contributed by atoms with E-state index in [9.17, 15) is 14.7 Å². The SMILES string of the molecule is CNC(=O)c1ccc(-c2ccc(Cl)cc2)c(COc2ccc(-c3nc(/C=C(\C)C(=O)O)cn3C3CCCCC3)cc2)c1. The van der Waals surface area contributed by atoms with Crippen LogP contribution in [-0.4, -0.2) is 33.6 Å². The maximum Gasteiger partial charge on any atom is 0.331 e. The molecular weight excluding hydrogens is 550 g/mol. The van der Waals surface area contributed by atoms with E-state index in [1.54, 1.807) is 26.1 Å². The highest BCUT2D eigenvalue weighted by atomic mass is 35.5. The van der Waals surface area contributed by atoms with Gasteiger partial charge in [0.25, 0.3) is 5.91 Å². The summed E-state index contributed by atoms with van der Waals surface area (Å²) in [6.45, 7) is 1.85. The Hall–Kier alpha value is -4.36. The summed E-state index contributed by atoms with van der Waals surface area (Å²) in [5, 5.41) is 12.7. The van der Waals surface area contributed by atoms with Crippen LogP contribution in [0.25, 0.3) is 28.6 Å². The molecular formula is C34H34ClN3O4. The number of hydrogen-bond acceptors (Lipinski definition) is 4. The maximum atomic E-state index is 12.3. The highest BCUT2D eigenvalue weighted by Crippen LogP contribution is 2.34. The molecule has 7 nitrogen and oxygen atoms in total. The van der Waals surface area contributed by atoms with Crippen LogP contribution in [0, 0.1) is 0 Å². The van der Waals surface area contributed by atoms with E-state index in [2.05, 4.69) is 9.88 Å². The third-order valence-corrected chi connectivity index (χ3v) is 7.93. The van der Waals surface area contributed by atoms with Crippen LogP contribution in [0.2, 0.25) is 5.02 Å². The van der Waals surface area contributed by atoms with E-state index in [-0.39, 0.29) is 18.1 Å². The average Bonchev–Trinajstić information content (AvgIpc) is 3.44. The number of imidazole rings is 1. The Morgan fingerprint density at radius 3 is 2.38 bits per heavy atom. The minimum absolute atomic E-state index is 0.163. The van der Waals surface area contributed by atoms with Gasteiger partial charge >= 0.3 is 5.97 Å². The Bertz CT molecular complexity index is 1600. The van der Waals surface area contributed by atoms with E-state index in [0.29, 0.717) is 28.1 Å². The zero-order chi connectivity index (χ0) is 29.6. The standard InChI is InChI=1S/C34H34ClN3O4/c1-22(34(40)41)18-28-20-38(29-6-4-3-5-7-29)32(37-28)24-10-15-30(16-11-24)42-21-26-19-25(33(39)36-2)12-17-31(26)23-8-13-27(35)14-9-23/h8-20,29H,3-7,21H2,1-2H3,(H,36,39)(H,40,41)/b22-18+. The van der Waals surface area contributed by atoms with E-state index in [1.807, 2.05) is 66.9 Å². The number of nitrogens with one attached hydrogen (secondary N) is 1. The van der Waals surface area contributed by atoms with Gasteiger partial charge in [0.2, 0.25) is 0 Å². The summed E-state index contributed by atoms with van der Waals surface area (Å²) in [4.78, 5) is 28.6. The number of aliphatic carboxylic acids is 1. The number of ether oxygens (including phenoxy) is 1. The molecule has 42 heavy (non-hydrogen) atoms. The fraction of sp³-hybridized carbons (Fsp3) is 0.265. The predicted molar refractivity (Wildman–Crippen MR) is 166 cm³/mol. The molecule has 0 bridgehead atoms. The smallest absolute Gasteiger partial charge is 0.331 e. The average molecular weight is 584 g/mol. The second kappa shape index (κ2) is 13.1. The normalized spacial score (nSPS) is 14.0. The molecule has 1 saturated carbocycles. The molecule has 216 valence electrons. The van der Waals surface area contributed by atoms with Crippen molar-refractivity contribution in [2.45, 2.75) is 51.7 Å². The van der Waals surface area contributed by atoms with Crippen molar-refractivity contribution in [3.63, 3.8) is 0 Å². The van der Waals surface area contributed by atoms with Crippen LogP contribution in [0.5, 0.6) is 5.75 Å². The number of rotatable bonds is 9. The summed E-state index contributed by atoms with van der Waals surface area (Å²) < 4.78 is 8.42. The first-order valence-corrected chi connectivity index (χ1v) is 14.5. The minimum Gasteiger partial charge on any atom is -0.489 e. The Kier molecular flexibility index (Phi) is 9.08. The topological polar surface area (TPSA) is 93.4 Å². The molecule has 0 saturated heterocycles. The highest BCUT2D eigenvalue weighted by Gasteiger charge is 2.21. The van der Waals surface area contributed by atoms with Crippen molar-refractivity contribution in [3.8, 4) is 28.3 Å². The van der Waals surface area contributed by atoms with Crippen LogP contribution in [0.15, 0.2) is 78.5 Å². The summed E-state index contributed by atoms with van der Waals surface area (Å²) in [6, 6.07) is 21.3. The van der Waals surface area contributed by atoms with E-state index in [0.717, 1.165) is 40.9 Å². The van der Waals surface area contributed by atoms with Crippen molar-refractivity contribution >= 4 is 29.6 Å². The molecule has 3 aromatic carbocycles. The lowest BCUT2D eigenvalue weighted by Crippen LogP contribution is -2.18. The second-order valence-electron chi connectivity index (χ2n) is 10.6. The number of carbonyl (C=O) groups excluding carboxylic acids is 1. The van der Waals surface area contributed by atoms with Crippen molar-refractivity contribution in [2.75, 3.05) is 7.05 Å². The van der Waals surface area contributed by atoms with Crippen LogP contribution in [0.4, 0.5) is 0 Å². The molecule has 2 N–H and O–H groups in total. The summed E-state index contributed by atoms with van der Waals surface area (Å²) in [7, 11) is 1.61. The summed E-state index contributed by atoms with van der Waals surface area (Å²) in [5.41, 5.74) is 5.20. The van der Waals surface area contributed by atoms with E-state index in [4.69, 9.17) is 21.3 Å². The Balaban J connectivity index is 1.40. The molecule has 0 radical (unpaired) electrons. The van der Waals surface area contributed by atoms with Gasteiger partial charge < -0.3 is 19.7 Å². The van der Waals surface area contributed by atoms with Crippen LogP contribution in [0.1, 0.15) is 66.7 Å². The lowest BCUT2D eigenvalue weighted by molar-refractivity contribution is -0.132. The van der Waals surface area contributed by atoms with Crippen molar-refractivity contribution in [1.29, 1.82) is 0 Å². The number of halogens is 1. The Morgan fingerprint density at radius 1 is 1.02 bits per heavy atom. The molecule has 4 aromatic rings. The number of amides is 1. The molecule has 1 amide bonds. The monoisotopic (exact) mass is 583 g/mol. The minimum atomic E-state index is -0.953. The Labute approximate surface area is 250 Å². The number of carboxylic acid groups (broad SMARTS) is 1. The quantitative estimate of drug-likeness (QED) is 0.196. The van der Waals surface area contributed by atoms with Gasteiger partial charge in [0.1, 0.15) is 18.2 Å². The van der Waals surface area contributed by atoms with Crippen LogP contribution < -0.4 is 10.1 Å². The number of aromatic nitrogens is 2. The van der Waals surface area contributed by atoms with E-state index < -0.39 is 5.97 Å². The van der Waals surface area contributed by atoms with Gasteiger partial charge in [0.15, 0.2) is 0 Å². The van der Waals surface area contributed by atoms with Crippen LogP contribution in [0.3, 0.4) is 0 Å². The summed E-state index contributed by atoms with van der Waals surface area (Å²) >= 11 is 6.10. The van der Waals surface area contributed by atoms with Gasteiger partial charge in [0.05, 0.1) is 5.69 Å². The molecule has 0 unspecified atom stereocenters. The number of benzene rings is 3. The third-order valence-electron chi connectivity index (χ3n) is 7.68. The van der Waals surface area contributed by atoms with Crippen molar-refractivity contribution in [1.82, 2.24) is 14.9 Å². The number of hydrogen-bond donors (Lipinski definition) is 2. The molecule has 1 heterocycles. The number of nitrogens with zero attached hydrogens (tertiary/aromatic N) is 2. The second-order valence-corrected chi connectivity index (χ2v) is 11.0. The molecule has 5 rings (SSSR count). The highest BCUT2D eigenvalue weighted by molar-refractivity contribution is 6.30. The molecule has 1 fully saturated rings. The summed E-state index contributed by atoms with van der Waals surface area (Å²) in [5.74, 6) is 0.389. The van der Waals surface area contributed by atoms with Crippen LogP contribution in [-0.2, 0) is 11.4 Å². The van der Waals surface area contributed by atoms with E-state index in [1.165, 1.54) is 19.3 Å². The van der Waals surface area contributed by atoms with Crippen LogP contribution >= 0.6 is 11.6 Å².